The highest BCUT2D eigenvalue weighted by molar-refractivity contribution is 9.11. The quantitative estimate of drug-likeness (QED) is 0.655. The van der Waals surface area contributed by atoms with E-state index in [1.807, 2.05) is 43.3 Å². The van der Waals surface area contributed by atoms with Crippen molar-refractivity contribution in [3.8, 4) is 11.5 Å². The summed E-state index contributed by atoms with van der Waals surface area (Å²) in [5.74, 6) is 1.20. The molecule has 1 heterocycles. The van der Waals surface area contributed by atoms with Crippen LogP contribution in [0.4, 0.5) is 5.69 Å². The number of halogens is 2. The molecule has 0 atom stereocenters. The normalized spacial score (nSPS) is 14.5. The lowest BCUT2D eigenvalue weighted by molar-refractivity contribution is -0.110. The SMILES string of the molecule is CCOc1ccc(C=C2C(=O)Nc3c(Br)cc(Br)cc32)cc1OC. The van der Waals surface area contributed by atoms with Crippen LogP contribution >= 0.6 is 31.9 Å². The van der Waals surface area contributed by atoms with Crippen LogP contribution in [-0.2, 0) is 4.79 Å². The summed E-state index contributed by atoms with van der Waals surface area (Å²) in [6, 6.07) is 9.44. The zero-order valence-corrected chi connectivity index (χ0v) is 16.3. The van der Waals surface area contributed by atoms with E-state index in [0.717, 1.165) is 25.8 Å². The van der Waals surface area contributed by atoms with Gasteiger partial charge in [-0.05, 0) is 58.8 Å². The van der Waals surface area contributed by atoms with Gasteiger partial charge in [0.1, 0.15) is 0 Å². The Balaban J connectivity index is 2.06. The maximum Gasteiger partial charge on any atom is 0.256 e. The van der Waals surface area contributed by atoms with Gasteiger partial charge in [-0.25, -0.2) is 0 Å². The molecule has 0 unspecified atom stereocenters. The summed E-state index contributed by atoms with van der Waals surface area (Å²) in [5, 5.41) is 2.89. The highest BCUT2D eigenvalue weighted by Gasteiger charge is 2.26. The highest BCUT2D eigenvalue weighted by atomic mass is 79.9. The minimum absolute atomic E-state index is 0.128. The fourth-order valence-electron chi connectivity index (χ4n) is 2.57. The molecule has 0 spiro atoms. The molecular weight excluding hydrogens is 438 g/mol. The van der Waals surface area contributed by atoms with E-state index < -0.39 is 0 Å². The van der Waals surface area contributed by atoms with Gasteiger partial charge in [-0.15, -0.1) is 0 Å². The molecule has 0 saturated carbocycles. The van der Waals surface area contributed by atoms with Crippen molar-refractivity contribution in [3.05, 3.63) is 50.4 Å². The molecule has 3 rings (SSSR count). The summed E-state index contributed by atoms with van der Waals surface area (Å²) < 4.78 is 12.6. The summed E-state index contributed by atoms with van der Waals surface area (Å²) in [6.45, 7) is 2.49. The number of fused-ring (bicyclic) bond motifs is 1. The van der Waals surface area contributed by atoms with Crippen LogP contribution in [-0.4, -0.2) is 19.6 Å². The number of hydrogen-bond acceptors (Lipinski definition) is 3. The monoisotopic (exact) mass is 451 g/mol. The minimum Gasteiger partial charge on any atom is -0.493 e. The number of carbonyl (C=O) groups is 1. The number of ether oxygens (including phenoxy) is 2. The summed E-state index contributed by atoms with van der Waals surface area (Å²) >= 11 is 6.95. The van der Waals surface area contributed by atoms with Crippen LogP contribution < -0.4 is 14.8 Å². The van der Waals surface area contributed by atoms with Crippen LogP contribution in [0.25, 0.3) is 11.6 Å². The van der Waals surface area contributed by atoms with Crippen molar-refractivity contribution in [1.29, 1.82) is 0 Å². The van der Waals surface area contributed by atoms with E-state index >= 15 is 0 Å². The molecule has 4 nitrogen and oxygen atoms in total. The van der Waals surface area contributed by atoms with E-state index in [-0.39, 0.29) is 5.91 Å². The topological polar surface area (TPSA) is 47.6 Å². The van der Waals surface area contributed by atoms with Gasteiger partial charge in [0.2, 0.25) is 0 Å². The summed E-state index contributed by atoms with van der Waals surface area (Å²) in [7, 11) is 1.60. The third kappa shape index (κ3) is 3.21. The maximum absolute atomic E-state index is 12.4. The predicted molar refractivity (Wildman–Crippen MR) is 103 cm³/mol. The molecule has 0 radical (unpaired) electrons. The lowest BCUT2D eigenvalue weighted by Gasteiger charge is -2.10. The van der Waals surface area contributed by atoms with Crippen LogP contribution in [0.5, 0.6) is 11.5 Å². The Bertz CT molecular complexity index is 846. The van der Waals surface area contributed by atoms with Gasteiger partial charge in [0, 0.05) is 20.1 Å². The first-order valence-corrected chi connectivity index (χ1v) is 8.95. The molecule has 124 valence electrons. The van der Waals surface area contributed by atoms with E-state index in [1.54, 1.807) is 7.11 Å². The molecule has 0 aromatic heterocycles. The molecule has 6 heteroatoms. The van der Waals surface area contributed by atoms with Crippen LogP contribution in [0, 0.1) is 0 Å². The molecule has 0 aliphatic carbocycles. The van der Waals surface area contributed by atoms with E-state index in [9.17, 15) is 4.79 Å². The number of rotatable bonds is 4. The Labute approximate surface area is 157 Å². The average Bonchev–Trinajstić information content (AvgIpc) is 2.86. The average molecular weight is 453 g/mol. The van der Waals surface area contributed by atoms with E-state index in [4.69, 9.17) is 9.47 Å². The number of hydrogen-bond donors (Lipinski definition) is 1. The molecule has 2 aromatic carbocycles. The summed E-state index contributed by atoms with van der Waals surface area (Å²) in [6.07, 6.45) is 1.85. The lowest BCUT2D eigenvalue weighted by Crippen LogP contribution is -2.03. The highest BCUT2D eigenvalue weighted by Crippen LogP contribution is 2.41. The predicted octanol–water partition coefficient (Wildman–Crippen LogP) is 5.11. The molecule has 1 N–H and O–H groups in total. The second-order valence-corrected chi connectivity index (χ2v) is 6.94. The van der Waals surface area contributed by atoms with Crippen LogP contribution in [0.15, 0.2) is 39.3 Å². The van der Waals surface area contributed by atoms with Crippen molar-refractivity contribution in [2.24, 2.45) is 0 Å². The summed E-state index contributed by atoms with van der Waals surface area (Å²) in [4.78, 5) is 12.4. The van der Waals surface area contributed by atoms with Crippen molar-refractivity contribution >= 4 is 55.1 Å². The molecule has 1 aliphatic heterocycles. The Morgan fingerprint density at radius 1 is 1.17 bits per heavy atom. The lowest BCUT2D eigenvalue weighted by atomic mass is 10.0. The van der Waals surface area contributed by atoms with Crippen molar-refractivity contribution in [2.45, 2.75) is 6.92 Å². The van der Waals surface area contributed by atoms with Crippen molar-refractivity contribution in [1.82, 2.24) is 0 Å². The van der Waals surface area contributed by atoms with Gasteiger partial charge in [-0.2, -0.15) is 0 Å². The van der Waals surface area contributed by atoms with E-state index in [2.05, 4.69) is 37.2 Å². The number of amides is 1. The number of anilines is 1. The van der Waals surface area contributed by atoms with Crippen LogP contribution in [0.1, 0.15) is 18.1 Å². The third-order valence-corrected chi connectivity index (χ3v) is 4.71. The Hall–Kier alpha value is -1.79. The largest absolute Gasteiger partial charge is 0.493 e. The van der Waals surface area contributed by atoms with Crippen LogP contribution in [0.3, 0.4) is 0 Å². The Kier molecular flexibility index (Phi) is 4.96. The number of benzene rings is 2. The van der Waals surface area contributed by atoms with E-state index in [1.165, 1.54) is 0 Å². The second kappa shape index (κ2) is 6.99. The molecule has 0 bridgehead atoms. The summed E-state index contributed by atoms with van der Waals surface area (Å²) in [5.41, 5.74) is 3.11. The number of carbonyl (C=O) groups excluding carboxylic acids is 1. The van der Waals surface area contributed by atoms with Gasteiger partial charge < -0.3 is 14.8 Å². The maximum atomic E-state index is 12.4. The molecular formula is C18H15Br2NO3. The Morgan fingerprint density at radius 3 is 2.67 bits per heavy atom. The van der Waals surface area contributed by atoms with Crippen LogP contribution in [0.2, 0.25) is 0 Å². The smallest absolute Gasteiger partial charge is 0.256 e. The zero-order chi connectivity index (χ0) is 17.3. The molecule has 0 saturated heterocycles. The van der Waals surface area contributed by atoms with Gasteiger partial charge in [-0.3, -0.25) is 4.79 Å². The number of methoxy groups -OCH3 is 1. The molecule has 0 fully saturated rings. The molecule has 24 heavy (non-hydrogen) atoms. The van der Waals surface area contributed by atoms with Gasteiger partial charge in [0.25, 0.3) is 5.91 Å². The first kappa shape index (κ1) is 17.0. The van der Waals surface area contributed by atoms with E-state index in [0.29, 0.717) is 23.7 Å². The minimum atomic E-state index is -0.128. The van der Waals surface area contributed by atoms with Gasteiger partial charge in [0.05, 0.1) is 19.4 Å². The molecule has 2 aromatic rings. The first-order valence-electron chi connectivity index (χ1n) is 7.36. The number of nitrogens with one attached hydrogen (secondary N) is 1. The third-order valence-electron chi connectivity index (χ3n) is 3.63. The molecule has 1 amide bonds. The van der Waals surface area contributed by atoms with Crippen molar-refractivity contribution in [3.63, 3.8) is 0 Å². The second-order valence-electron chi connectivity index (χ2n) is 5.17. The fourth-order valence-corrected chi connectivity index (χ4v) is 3.90. The Morgan fingerprint density at radius 2 is 1.96 bits per heavy atom. The standard InChI is InChI=1S/C18H15Br2NO3/c1-3-24-15-5-4-10(7-16(15)23-2)6-13-12-8-11(19)9-14(20)17(12)21-18(13)22/h4-9H,3H2,1-2H3,(H,21,22). The van der Waals surface area contributed by atoms with Crippen molar-refractivity contribution in [2.75, 3.05) is 19.0 Å². The van der Waals surface area contributed by atoms with Gasteiger partial charge in [0.15, 0.2) is 11.5 Å². The first-order chi connectivity index (χ1) is 11.5. The molecule has 1 aliphatic rings. The zero-order valence-electron chi connectivity index (χ0n) is 13.2. The fraction of sp³-hybridized carbons (Fsp3) is 0.167. The van der Waals surface area contributed by atoms with Gasteiger partial charge in [-0.1, -0.05) is 22.0 Å². The van der Waals surface area contributed by atoms with Gasteiger partial charge >= 0.3 is 0 Å². The van der Waals surface area contributed by atoms with Crippen molar-refractivity contribution < 1.29 is 14.3 Å².